The molecule has 0 radical (unpaired) electrons. The molecule has 0 fully saturated rings. The molecule has 10 heteroatoms. The number of fused-ring (bicyclic) bond motifs is 1. The van der Waals surface area contributed by atoms with Gasteiger partial charge in [-0.25, -0.2) is 18.8 Å². The highest BCUT2D eigenvalue weighted by Gasteiger charge is 2.18. The number of H-pyrrole nitrogens is 1. The van der Waals surface area contributed by atoms with Crippen LogP contribution in [0, 0.1) is 4.78 Å². The van der Waals surface area contributed by atoms with E-state index in [-0.39, 0.29) is 40.1 Å². The van der Waals surface area contributed by atoms with Crippen LogP contribution in [0.3, 0.4) is 0 Å². The average Bonchev–Trinajstić information content (AvgIpc) is 2.86. The molecule has 0 aliphatic carbocycles. The van der Waals surface area contributed by atoms with E-state index >= 15 is 0 Å². The zero-order valence-electron chi connectivity index (χ0n) is 12.7. The lowest BCUT2D eigenvalue weighted by Crippen LogP contribution is -2.18. The summed E-state index contributed by atoms with van der Waals surface area (Å²) in [5.74, 6) is 0.0781. The van der Waals surface area contributed by atoms with Crippen LogP contribution in [-0.4, -0.2) is 29.5 Å². The normalized spacial score (nSPS) is 13.9. The number of nitrogens with two attached hydrogens (primary N) is 1. The summed E-state index contributed by atoms with van der Waals surface area (Å²) in [6, 6.07) is 7.50. The number of rotatable bonds is 4. The first kappa shape index (κ1) is 16.7. The van der Waals surface area contributed by atoms with Crippen molar-refractivity contribution in [2.45, 2.75) is 18.6 Å². The van der Waals surface area contributed by atoms with E-state index in [4.69, 9.17) is 10.5 Å². The molecule has 0 aliphatic rings. The summed E-state index contributed by atoms with van der Waals surface area (Å²) in [4.78, 5) is 23.0. The predicted octanol–water partition coefficient (Wildman–Crippen LogP) is 1.94. The molecule has 24 heavy (non-hydrogen) atoms. The third-order valence-electron chi connectivity index (χ3n) is 3.59. The molecular formula is C14H15BrN6O2S. The van der Waals surface area contributed by atoms with Gasteiger partial charge in [0, 0.05) is 10.2 Å². The second kappa shape index (κ2) is 6.02. The van der Waals surface area contributed by atoms with Gasteiger partial charge < -0.3 is 10.7 Å². The number of imidazole rings is 1. The van der Waals surface area contributed by atoms with Gasteiger partial charge in [-0.15, -0.1) is 0 Å². The maximum Gasteiger partial charge on any atom is 0.328 e. The number of hydrogen-bond acceptors (Lipinski definition) is 6. The van der Waals surface area contributed by atoms with Gasteiger partial charge in [0.15, 0.2) is 11.5 Å². The summed E-state index contributed by atoms with van der Waals surface area (Å²) < 4.78 is 22.4. The van der Waals surface area contributed by atoms with Crippen LogP contribution in [0.5, 0.6) is 0 Å². The molecule has 0 saturated carbocycles. The molecular weight excluding hydrogens is 396 g/mol. The van der Waals surface area contributed by atoms with Gasteiger partial charge >= 0.3 is 5.69 Å². The first-order valence-electron chi connectivity index (χ1n) is 7.09. The summed E-state index contributed by atoms with van der Waals surface area (Å²) in [5, 5.41) is -0.154. The highest BCUT2D eigenvalue weighted by atomic mass is 79.9. The Morgan fingerprint density at radius 2 is 2.00 bits per heavy atom. The fraction of sp³-hybridized carbons (Fsp3) is 0.214. The Labute approximate surface area is 146 Å². The van der Waals surface area contributed by atoms with Crippen molar-refractivity contribution in [1.82, 2.24) is 19.5 Å². The molecule has 0 spiro atoms. The molecule has 3 aromatic rings. The van der Waals surface area contributed by atoms with Gasteiger partial charge in [0.05, 0.1) is 6.54 Å². The van der Waals surface area contributed by atoms with E-state index in [1.807, 2.05) is 24.3 Å². The Hall–Kier alpha value is -2.20. The molecule has 126 valence electrons. The third-order valence-corrected chi connectivity index (χ3v) is 5.70. The minimum Gasteiger partial charge on any atom is -0.382 e. The van der Waals surface area contributed by atoms with Crippen LogP contribution in [0.1, 0.15) is 12.5 Å². The van der Waals surface area contributed by atoms with Gasteiger partial charge in [0.2, 0.25) is 5.16 Å². The Morgan fingerprint density at radius 1 is 1.33 bits per heavy atom. The number of aromatic amines is 1. The van der Waals surface area contributed by atoms with Crippen LogP contribution in [0.15, 0.2) is 38.7 Å². The van der Waals surface area contributed by atoms with Crippen LogP contribution in [0.4, 0.5) is 5.82 Å². The molecule has 1 atom stereocenters. The zero-order chi connectivity index (χ0) is 17.5. The van der Waals surface area contributed by atoms with Crippen molar-refractivity contribution in [3.05, 3.63) is 44.8 Å². The Bertz CT molecular complexity index is 1070. The predicted molar refractivity (Wildman–Crippen MR) is 95.5 cm³/mol. The molecule has 2 heterocycles. The number of hydrogen-bond donors (Lipinski definition) is 3. The maximum atomic E-state index is 12.2. The standard InChI is InChI=1S/C14H15BrN6O2S/c1-2-24(17,23)13-19-11(16)10-12(20-13)21(14(22)18-10)7-8-3-5-9(15)6-4-8/h3-6,17H,2,7H2,1H3,(H,18,22)(H2,16,19,20)/t24-/m1/s1. The molecule has 0 unspecified atom stereocenters. The quantitative estimate of drug-likeness (QED) is 0.565. The van der Waals surface area contributed by atoms with E-state index in [9.17, 15) is 9.00 Å². The molecule has 0 saturated heterocycles. The summed E-state index contributed by atoms with van der Waals surface area (Å²) in [6.07, 6.45) is 0. The minimum atomic E-state index is -3.14. The Kier molecular flexibility index (Phi) is 4.18. The second-order valence-electron chi connectivity index (χ2n) is 5.20. The molecule has 0 aliphatic heterocycles. The molecule has 2 aromatic heterocycles. The van der Waals surface area contributed by atoms with E-state index < -0.39 is 9.73 Å². The summed E-state index contributed by atoms with van der Waals surface area (Å²) >= 11 is 3.36. The van der Waals surface area contributed by atoms with Gasteiger partial charge in [-0.2, -0.15) is 4.98 Å². The second-order valence-corrected chi connectivity index (χ2v) is 8.41. The topological polar surface area (TPSA) is 131 Å². The van der Waals surface area contributed by atoms with Gasteiger partial charge in [-0.1, -0.05) is 35.0 Å². The van der Waals surface area contributed by atoms with Crippen LogP contribution >= 0.6 is 15.9 Å². The van der Waals surface area contributed by atoms with Crippen molar-refractivity contribution in [2.75, 3.05) is 11.5 Å². The highest BCUT2D eigenvalue weighted by Crippen LogP contribution is 2.19. The fourth-order valence-corrected chi connectivity index (χ4v) is 3.23. The first-order chi connectivity index (χ1) is 11.3. The van der Waals surface area contributed by atoms with Gasteiger partial charge in [0.1, 0.15) is 15.2 Å². The Balaban J connectivity index is 2.19. The third kappa shape index (κ3) is 2.94. The van der Waals surface area contributed by atoms with Crippen LogP contribution in [-0.2, 0) is 16.3 Å². The van der Waals surface area contributed by atoms with E-state index in [1.54, 1.807) is 6.92 Å². The minimum absolute atomic E-state index is 0.00933. The van der Waals surface area contributed by atoms with Crippen LogP contribution < -0.4 is 11.4 Å². The Morgan fingerprint density at radius 3 is 2.62 bits per heavy atom. The largest absolute Gasteiger partial charge is 0.382 e. The lowest BCUT2D eigenvalue weighted by molar-refractivity contribution is 0.667. The molecule has 0 bridgehead atoms. The van der Waals surface area contributed by atoms with E-state index in [1.165, 1.54) is 4.57 Å². The number of aromatic nitrogens is 4. The highest BCUT2D eigenvalue weighted by molar-refractivity contribution is 9.10. The summed E-state index contributed by atoms with van der Waals surface area (Å²) in [7, 11) is -3.14. The van der Waals surface area contributed by atoms with Crippen molar-refractivity contribution in [3.63, 3.8) is 0 Å². The monoisotopic (exact) mass is 410 g/mol. The van der Waals surface area contributed by atoms with E-state index in [0.29, 0.717) is 0 Å². The van der Waals surface area contributed by atoms with E-state index in [0.717, 1.165) is 10.0 Å². The smallest absolute Gasteiger partial charge is 0.328 e. The number of halogens is 1. The zero-order valence-corrected chi connectivity index (χ0v) is 15.1. The number of nitrogens with one attached hydrogen (secondary N) is 2. The molecule has 3 rings (SSSR count). The van der Waals surface area contributed by atoms with Gasteiger partial charge in [-0.3, -0.25) is 4.57 Å². The van der Waals surface area contributed by atoms with Crippen LogP contribution in [0.25, 0.3) is 11.2 Å². The number of anilines is 1. The number of nitrogen functional groups attached to an aromatic ring is 1. The lowest BCUT2D eigenvalue weighted by Gasteiger charge is -2.07. The van der Waals surface area contributed by atoms with Gasteiger partial charge in [0.25, 0.3) is 0 Å². The average molecular weight is 411 g/mol. The number of benzene rings is 1. The first-order valence-corrected chi connectivity index (χ1v) is 9.61. The van der Waals surface area contributed by atoms with Crippen LogP contribution in [0.2, 0.25) is 0 Å². The van der Waals surface area contributed by atoms with Crippen molar-refractivity contribution in [1.29, 1.82) is 4.78 Å². The fourth-order valence-electron chi connectivity index (χ4n) is 2.23. The lowest BCUT2D eigenvalue weighted by atomic mass is 10.2. The number of nitrogens with zero attached hydrogens (tertiary/aromatic N) is 3. The summed E-state index contributed by atoms with van der Waals surface area (Å²) in [5.41, 5.74) is 6.89. The van der Waals surface area contributed by atoms with Crippen molar-refractivity contribution in [3.8, 4) is 0 Å². The molecule has 1 aromatic carbocycles. The SMILES string of the molecule is CC[S@@](=N)(=O)c1nc(N)c2[nH]c(=O)n(Cc3ccc(Br)cc3)c2n1. The van der Waals surface area contributed by atoms with E-state index in [2.05, 4.69) is 30.9 Å². The molecule has 4 N–H and O–H groups in total. The van der Waals surface area contributed by atoms with Gasteiger partial charge in [-0.05, 0) is 17.7 Å². The van der Waals surface area contributed by atoms with Crippen molar-refractivity contribution < 1.29 is 4.21 Å². The summed E-state index contributed by atoms with van der Waals surface area (Å²) in [6.45, 7) is 1.89. The van der Waals surface area contributed by atoms with Crippen molar-refractivity contribution >= 4 is 42.6 Å². The maximum absolute atomic E-state index is 12.2. The molecule has 0 amide bonds. The van der Waals surface area contributed by atoms with Crippen molar-refractivity contribution in [2.24, 2.45) is 0 Å². The molecule has 8 nitrogen and oxygen atoms in total.